The zero-order valence-electron chi connectivity index (χ0n) is 15.9. The van der Waals surface area contributed by atoms with E-state index in [1.807, 2.05) is 19.1 Å². The molecule has 142 valence electrons. The molecule has 26 heavy (non-hydrogen) atoms. The van der Waals surface area contributed by atoms with E-state index in [1.54, 1.807) is 36.0 Å². The third kappa shape index (κ3) is 4.85. The van der Waals surface area contributed by atoms with Crippen LogP contribution in [0.1, 0.15) is 29.3 Å². The fourth-order valence-electron chi connectivity index (χ4n) is 2.92. The summed E-state index contributed by atoms with van der Waals surface area (Å²) in [5.74, 6) is 0.638. The van der Waals surface area contributed by atoms with Crippen LogP contribution in [0, 0.1) is 6.92 Å². The quantitative estimate of drug-likeness (QED) is 0.553. The Balaban J connectivity index is 1.90. The van der Waals surface area contributed by atoms with Crippen LogP contribution in [0.25, 0.3) is 0 Å². The molecule has 1 aromatic carbocycles. The molecule has 1 atom stereocenters. The van der Waals surface area contributed by atoms with E-state index in [4.69, 9.17) is 9.47 Å². The first-order valence-corrected chi connectivity index (χ1v) is 8.93. The lowest BCUT2D eigenvalue weighted by atomic mass is 10.1. The van der Waals surface area contributed by atoms with E-state index in [0.717, 1.165) is 12.0 Å². The summed E-state index contributed by atoms with van der Waals surface area (Å²) < 4.78 is 10.8. The number of carbonyl (C=O) groups is 2. The number of nitrogens with zero attached hydrogens (tertiary/aromatic N) is 2. The van der Waals surface area contributed by atoms with Crippen LogP contribution in [0.4, 0.5) is 0 Å². The first-order valence-electron chi connectivity index (χ1n) is 8.93. The Kier molecular flexibility index (Phi) is 7.21. The number of hydrogen-bond acceptors (Lipinski definition) is 4. The minimum Gasteiger partial charge on any atom is -0.496 e. The van der Waals surface area contributed by atoms with Crippen LogP contribution < -0.4 is 4.74 Å². The summed E-state index contributed by atoms with van der Waals surface area (Å²) in [5.41, 5.74) is 1.60. The van der Waals surface area contributed by atoms with Crippen LogP contribution in [0.15, 0.2) is 30.9 Å². The molecule has 6 heteroatoms. The second kappa shape index (κ2) is 9.38. The number of amides is 2. The molecule has 2 amide bonds. The molecular weight excluding hydrogens is 332 g/mol. The number of carbonyl (C=O) groups excluding carboxylic acids is 2. The van der Waals surface area contributed by atoms with Crippen molar-refractivity contribution in [1.82, 2.24) is 9.80 Å². The Morgan fingerprint density at radius 3 is 2.50 bits per heavy atom. The average Bonchev–Trinajstić information content (AvgIpc) is 2.67. The van der Waals surface area contributed by atoms with E-state index >= 15 is 0 Å². The second-order valence-electron chi connectivity index (χ2n) is 6.39. The van der Waals surface area contributed by atoms with Gasteiger partial charge in [-0.2, -0.15) is 0 Å². The van der Waals surface area contributed by atoms with E-state index in [1.165, 1.54) is 0 Å². The normalized spacial score (nSPS) is 15.5. The summed E-state index contributed by atoms with van der Waals surface area (Å²) in [5, 5.41) is 0. The molecule has 1 aliphatic heterocycles. The molecule has 0 bridgehead atoms. The van der Waals surface area contributed by atoms with Crippen LogP contribution in [-0.4, -0.2) is 67.6 Å². The number of ether oxygens (including phenoxy) is 2. The summed E-state index contributed by atoms with van der Waals surface area (Å²) in [4.78, 5) is 28.6. The standard InChI is InChI=1S/C20H28N2O4/c1-5-6-13-26-16(3)19(23)21-9-11-22(12-10-21)20(24)17-8-7-15(2)18(14-17)25-4/h5,7-8,14,16H,1,6,9-13H2,2-4H3. The molecule has 0 N–H and O–H groups in total. The topological polar surface area (TPSA) is 59.1 Å². The van der Waals surface area contributed by atoms with Crippen molar-refractivity contribution in [2.24, 2.45) is 0 Å². The van der Waals surface area contributed by atoms with E-state index in [0.29, 0.717) is 44.1 Å². The molecular formula is C20H28N2O4. The van der Waals surface area contributed by atoms with Crippen molar-refractivity contribution in [2.75, 3.05) is 39.9 Å². The van der Waals surface area contributed by atoms with Gasteiger partial charge in [-0.3, -0.25) is 9.59 Å². The van der Waals surface area contributed by atoms with Gasteiger partial charge in [0.05, 0.1) is 13.7 Å². The number of rotatable bonds is 7. The molecule has 2 rings (SSSR count). The van der Waals surface area contributed by atoms with Crippen LogP contribution in [0.3, 0.4) is 0 Å². The fraction of sp³-hybridized carbons (Fsp3) is 0.500. The molecule has 0 spiro atoms. The average molecular weight is 360 g/mol. The van der Waals surface area contributed by atoms with Crippen molar-refractivity contribution in [2.45, 2.75) is 26.4 Å². The van der Waals surface area contributed by atoms with Gasteiger partial charge in [-0.1, -0.05) is 12.1 Å². The first kappa shape index (κ1) is 20.0. The lowest BCUT2D eigenvalue weighted by Crippen LogP contribution is -2.52. The van der Waals surface area contributed by atoms with Crippen molar-refractivity contribution in [3.63, 3.8) is 0 Å². The van der Waals surface area contributed by atoms with Crippen LogP contribution in [0.2, 0.25) is 0 Å². The van der Waals surface area contributed by atoms with Gasteiger partial charge in [0.1, 0.15) is 11.9 Å². The maximum atomic E-state index is 12.7. The lowest BCUT2D eigenvalue weighted by Gasteiger charge is -2.36. The zero-order valence-corrected chi connectivity index (χ0v) is 15.9. The highest BCUT2D eigenvalue weighted by atomic mass is 16.5. The van der Waals surface area contributed by atoms with Crippen LogP contribution >= 0.6 is 0 Å². The molecule has 1 aromatic rings. The monoisotopic (exact) mass is 360 g/mol. The van der Waals surface area contributed by atoms with Crippen molar-refractivity contribution < 1.29 is 19.1 Å². The maximum absolute atomic E-state index is 12.7. The van der Waals surface area contributed by atoms with Crippen molar-refractivity contribution in [1.29, 1.82) is 0 Å². The summed E-state index contributed by atoms with van der Waals surface area (Å²) in [7, 11) is 1.60. The third-order valence-electron chi connectivity index (χ3n) is 4.57. The molecule has 1 saturated heterocycles. The molecule has 0 aliphatic carbocycles. The SMILES string of the molecule is C=CCCOC(C)C(=O)N1CCN(C(=O)c2ccc(C)c(OC)c2)CC1. The second-order valence-corrected chi connectivity index (χ2v) is 6.39. The molecule has 1 aliphatic rings. The molecule has 0 aromatic heterocycles. The largest absolute Gasteiger partial charge is 0.496 e. The third-order valence-corrected chi connectivity index (χ3v) is 4.57. The van der Waals surface area contributed by atoms with Gasteiger partial charge < -0.3 is 19.3 Å². The Labute approximate surface area is 155 Å². The lowest BCUT2D eigenvalue weighted by molar-refractivity contribution is -0.144. The van der Waals surface area contributed by atoms with Gasteiger partial charge in [0.15, 0.2) is 0 Å². The molecule has 1 unspecified atom stereocenters. The minimum atomic E-state index is -0.474. The molecule has 6 nitrogen and oxygen atoms in total. The molecule has 0 saturated carbocycles. The highest BCUT2D eigenvalue weighted by Crippen LogP contribution is 2.20. The maximum Gasteiger partial charge on any atom is 0.254 e. The number of piperazine rings is 1. The molecule has 1 fully saturated rings. The fourth-order valence-corrected chi connectivity index (χ4v) is 2.92. The van der Waals surface area contributed by atoms with Crippen LogP contribution in [-0.2, 0) is 9.53 Å². The van der Waals surface area contributed by atoms with Gasteiger partial charge in [0.2, 0.25) is 0 Å². The summed E-state index contributed by atoms with van der Waals surface area (Å²) >= 11 is 0. The predicted octanol–water partition coefficient (Wildman–Crippen LogP) is 2.27. The molecule has 0 radical (unpaired) electrons. The van der Waals surface area contributed by atoms with Gasteiger partial charge >= 0.3 is 0 Å². The number of benzene rings is 1. The van der Waals surface area contributed by atoms with Gasteiger partial charge in [0.25, 0.3) is 11.8 Å². The van der Waals surface area contributed by atoms with Gasteiger partial charge in [0, 0.05) is 31.7 Å². The first-order chi connectivity index (χ1) is 12.5. The van der Waals surface area contributed by atoms with Crippen molar-refractivity contribution in [3.8, 4) is 5.75 Å². The molecule has 1 heterocycles. The van der Waals surface area contributed by atoms with E-state index in [-0.39, 0.29) is 11.8 Å². The highest BCUT2D eigenvalue weighted by Gasteiger charge is 2.27. The number of methoxy groups -OCH3 is 1. The minimum absolute atomic E-state index is 0.0295. The number of hydrogen-bond donors (Lipinski definition) is 0. The smallest absolute Gasteiger partial charge is 0.254 e. The van der Waals surface area contributed by atoms with Gasteiger partial charge in [-0.05, 0) is 38.0 Å². The van der Waals surface area contributed by atoms with Gasteiger partial charge in [-0.25, -0.2) is 0 Å². The summed E-state index contributed by atoms with van der Waals surface area (Å²) in [6.45, 7) is 9.89. The Morgan fingerprint density at radius 2 is 1.88 bits per heavy atom. The Bertz CT molecular complexity index is 651. The predicted molar refractivity (Wildman–Crippen MR) is 100 cm³/mol. The van der Waals surface area contributed by atoms with E-state index in [9.17, 15) is 9.59 Å². The highest BCUT2D eigenvalue weighted by molar-refractivity contribution is 5.95. The van der Waals surface area contributed by atoms with Crippen molar-refractivity contribution >= 4 is 11.8 Å². The van der Waals surface area contributed by atoms with Crippen molar-refractivity contribution in [3.05, 3.63) is 42.0 Å². The van der Waals surface area contributed by atoms with Crippen LogP contribution in [0.5, 0.6) is 5.75 Å². The Morgan fingerprint density at radius 1 is 1.23 bits per heavy atom. The summed E-state index contributed by atoms with van der Waals surface area (Å²) in [6.07, 6.45) is 2.01. The summed E-state index contributed by atoms with van der Waals surface area (Å²) in [6, 6.07) is 5.46. The zero-order chi connectivity index (χ0) is 19.1. The Hall–Kier alpha value is -2.34. The van der Waals surface area contributed by atoms with E-state index in [2.05, 4.69) is 6.58 Å². The number of aryl methyl sites for hydroxylation is 1. The van der Waals surface area contributed by atoms with E-state index < -0.39 is 6.10 Å². The van der Waals surface area contributed by atoms with Gasteiger partial charge in [-0.15, -0.1) is 6.58 Å².